The molecule has 3 rings (SSSR count). The normalized spacial score (nSPS) is 19.9. The summed E-state index contributed by atoms with van der Waals surface area (Å²) >= 11 is 2.03. The first-order valence-corrected chi connectivity index (χ1v) is 7.78. The average Bonchev–Trinajstić information content (AvgIpc) is 2.46. The maximum atomic E-state index is 5.91. The van der Waals surface area contributed by atoms with Crippen molar-refractivity contribution in [2.24, 2.45) is 5.73 Å². The molecule has 1 aliphatic heterocycles. The van der Waals surface area contributed by atoms with Crippen molar-refractivity contribution in [1.82, 2.24) is 4.98 Å². The van der Waals surface area contributed by atoms with E-state index < -0.39 is 0 Å². The zero-order valence-electron chi connectivity index (χ0n) is 11.2. The van der Waals surface area contributed by atoms with Gasteiger partial charge in [0.2, 0.25) is 0 Å². The molecular formula is C15H19N3S. The molecule has 1 atom stereocenters. The second kappa shape index (κ2) is 5.39. The molecule has 4 heteroatoms. The van der Waals surface area contributed by atoms with Gasteiger partial charge in [-0.25, -0.2) is 4.98 Å². The number of fused-ring (bicyclic) bond motifs is 1. The first-order chi connectivity index (χ1) is 9.28. The molecule has 1 saturated heterocycles. The molecule has 1 aliphatic rings. The van der Waals surface area contributed by atoms with E-state index in [9.17, 15) is 0 Å². The van der Waals surface area contributed by atoms with Gasteiger partial charge in [0, 0.05) is 41.6 Å². The second-order valence-electron chi connectivity index (χ2n) is 5.00. The monoisotopic (exact) mass is 273 g/mol. The summed E-state index contributed by atoms with van der Waals surface area (Å²) in [6, 6.07) is 10.4. The van der Waals surface area contributed by atoms with Crippen LogP contribution in [-0.2, 0) is 6.54 Å². The van der Waals surface area contributed by atoms with Crippen molar-refractivity contribution in [3.8, 4) is 0 Å². The summed E-state index contributed by atoms with van der Waals surface area (Å²) in [4.78, 5) is 7.23. The van der Waals surface area contributed by atoms with Crippen LogP contribution in [0.2, 0.25) is 0 Å². The standard InChI is InChI=1S/C15H19N3S/c1-11-10-18(6-7-19-11)15-13(9-16)8-12-4-2-3-5-14(12)17-15/h2-5,8,11H,6-7,9-10,16H2,1H3. The molecule has 0 radical (unpaired) electrons. The number of para-hydroxylation sites is 1. The molecule has 1 aromatic carbocycles. The van der Waals surface area contributed by atoms with Crippen molar-refractivity contribution in [1.29, 1.82) is 0 Å². The fourth-order valence-corrected chi connectivity index (χ4v) is 3.60. The molecule has 1 fully saturated rings. The van der Waals surface area contributed by atoms with Crippen molar-refractivity contribution in [3.05, 3.63) is 35.9 Å². The van der Waals surface area contributed by atoms with Gasteiger partial charge in [0.25, 0.3) is 0 Å². The third-order valence-electron chi connectivity index (χ3n) is 3.54. The number of hydrogen-bond donors (Lipinski definition) is 1. The Morgan fingerprint density at radius 3 is 3.05 bits per heavy atom. The summed E-state index contributed by atoms with van der Waals surface area (Å²) in [5.41, 5.74) is 8.12. The minimum Gasteiger partial charge on any atom is -0.354 e. The molecule has 100 valence electrons. The largest absolute Gasteiger partial charge is 0.354 e. The van der Waals surface area contributed by atoms with Crippen LogP contribution in [0.5, 0.6) is 0 Å². The Balaban J connectivity index is 2.05. The Hall–Kier alpha value is -1.26. The lowest BCUT2D eigenvalue weighted by Crippen LogP contribution is -2.38. The Labute approximate surface area is 118 Å². The van der Waals surface area contributed by atoms with Gasteiger partial charge in [-0.1, -0.05) is 25.1 Å². The number of thioether (sulfide) groups is 1. The fourth-order valence-electron chi connectivity index (χ4n) is 2.58. The zero-order chi connectivity index (χ0) is 13.2. The van der Waals surface area contributed by atoms with Crippen LogP contribution in [0.25, 0.3) is 10.9 Å². The van der Waals surface area contributed by atoms with Gasteiger partial charge in [-0.05, 0) is 12.1 Å². The zero-order valence-corrected chi connectivity index (χ0v) is 12.0. The number of nitrogens with two attached hydrogens (primary N) is 1. The summed E-state index contributed by atoms with van der Waals surface area (Å²) < 4.78 is 0. The number of benzene rings is 1. The number of nitrogens with zero attached hydrogens (tertiary/aromatic N) is 2. The van der Waals surface area contributed by atoms with Crippen LogP contribution in [0.4, 0.5) is 5.82 Å². The van der Waals surface area contributed by atoms with Gasteiger partial charge in [0.15, 0.2) is 0 Å². The molecule has 2 aromatic rings. The van der Waals surface area contributed by atoms with Gasteiger partial charge >= 0.3 is 0 Å². The predicted octanol–water partition coefficient (Wildman–Crippen LogP) is 2.64. The highest BCUT2D eigenvalue weighted by Gasteiger charge is 2.20. The summed E-state index contributed by atoms with van der Waals surface area (Å²) in [5, 5.41) is 1.83. The van der Waals surface area contributed by atoms with Gasteiger partial charge in [0.1, 0.15) is 5.82 Å². The predicted molar refractivity (Wildman–Crippen MR) is 83.8 cm³/mol. The van der Waals surface area contributed by atoms with Crippen molar-refractivity contribution in [3.63, 3.8) is 0 Å². The number of aromatic nitrogens is 1. The highest BCUT2D eigenvalue weighted by atomic mass is 32.2. The van der Waals surface area contributed by atoms with Crippen LogP contribution in [-0.4, -0.2) is 29.1 Å². The highest BCUT2D eigenvalue weighted by Crippen LogP contribution is 2.27. The quantitative estimate of drug-likeness (QED) is 0.913. The summed E-state index contributed by atoms with van der Waals surface area (Å²) in [5.74, 6) is 2.24. The van der Waals surface area contributed by atoms with E-state index in [4.69, 9.17) is 10.7 Å². The Bertz CT molecular complexity index is 585. The van der Waals surface area contributed by atoms with E-state index >= 15 is 0 Å². The molecule has 0 amide bonds. The molecule has 19 heavy (non-hydrogen) atoms. The summed E-state index contributed by atoms with van der Waals surface area (Å²) in [7, 11) is 0. The van der Waals surface area contributed by atoms with Gasteiger partial charge in [0.05, 0.1) is 5.52 Å². The number of hydrogen-bond acceptors (Lipinski definition) is 4. The summed E-state index contributed by atoms with van der Waals surface area (Å²) in [6.07, 6.45) is 0. The van der Waals surface area contributed by atoms with Gasteiger partial charge in [-0.2, -0.15) is 11.8 Å². The minimum atomic E-state index is 0.547. The Morgan fingerprint density at radius 2 is 2.26 bits per heavy atom. The Morgan fingerprint density at radius 1 is 1.42 bits per heavy atom. The molecular weight excluding hydrogens is 254 g/mol. The van der Waals surface area contributed by atoms with E-state index in [-0.39, 0.29) is 0 Å². The van der Waals surface area contributed by atoms with E-state index in [1.807, 2.05) is 23.9 Å². The van der Waals surface area contributed by atoms with Crippen LogP contribution < -0.4 is 10.6 Å². The molecule has 2 heterocycles. The third-order valence-corrected chi connectivity index (χ3v) is 4.68. The van der Waals surface area contributed by atoms with Gasteiger partial charge in [-0.3, -0.25) is 0 Å². The first kappa shape index (κ1) is 12.8. The molecule has 0 bridgehead atoms. The van der Waals surface area contributed by atoms with E-state index in [0.29, 0.717) is 11.8 Å². The van der Waals surface area contributed by atoms with Crippen molar-refractivity contribution < 1.29 is 0 Å². The van der Waals surface area contributed by atoms with Crippen LogP contribution >= 0.6 is 11.8 Å². The molecule has 0 aliphatic carbocycles. The lowest BCUT2D eigenvalue weighted by molar-refractivity contribution is 0.765. The van der Waals surface area contributed by atoms with Crippen LogP contribution in [0.1, 0.15) is 12.5 Å². The molecule has 1 aromatic heterocycles. The lowest BCUT2D eigenvalue weighted by Gasteiger charge is -2.32. The van der Waals surface area contributed by atoms with Crippen molar-refractivity contribution in [2.45, 2.75) is 18.7 Å². The maximum absolute atomic E-state index is 5.91. The van der Waals surface area contributed by atoms with E-state index in [1.54, 1.807) is 0 Å². The maximum Gasteiger partial charge on any atom is 0.133 e. The SMILES string of the molecule is CC1CN(c2nc3ccccc3cc2CN)CCS1. The molecule has 0 spiro atoms. The average molecular weight is 273 g/mol. The second-order valence-corrected chi connectivity index (χ2v) is 6.54. The highest BCUT2D eigenvalue weighted by molar-refractivity contribution is 8.00. The molecule has 1 unspecified atom stereocenters. The van der Waals surface area contributed by atoms with E-state index in [1.165, 1.54) is 11.1 Å². The van der Waals surface area contributed by atoms with Crippen LogP contribution in [0, 0.1) is 0 Å². The Kier molecular flexibility index (Phi) is 3.62. The van der Waals surface area contributed by atoms with Gasteiger partial charge < -0.3 is 10.6 Å². The van der Waals surface area contributed by atoms with Crippen molar-refractivity contribution >= 4 is 28.5 Å². The smallest absolute Gasteiger partial charge is 0.133 e. The fraction of sp³-hybridized carbons (Fsp3) is 0.400. The van der Waals surface area contributed by atoms with Crippen LogP contribution in [0.3, 0.4) is 0 Å². The number of anilines is 1. The molecule has 3 nitrogen and oxygen atoms in total. The first-order valence-electron chi connectivity index (χ1n) is 6.73. The molecule has 0 saturated carbocycles. The topological polar surface area (TPSA) is 42.2 Å². The van der Waals surface area contributed by atoms with E-state index in [2.05, 4.69) is 30.0 Å². The van der Waals surface area contributed by atoms with Crippen molar-refractivity contribution in [2.75, 3.05) is 23.7 Å². The molecule has 2 N–H and O–H groups in total. The summed E-state index contributed by atoms with van der Waals surface area (Å²) in [6.45, 7) is 4.95. The lowest BCUT2D eigenvalue weighted by atomic mass is 10.1. The number of rotatable bonds is 2. The van der Waals surface area contributed by atoms with Crippen LogP contribution in [0.15, 0.2) is 30.3 Å². The number of pyridine rings is 1. The third kappa shape index (κ3) is 2.55. The van der Waals surface area contributed by atoms with Gasteiger partial charge in [-0.15, -0.1) is 0 Å². The minimum absolute atomic E-state index is 0.547. The van der Waals surface area contributed by atoms with E-state index in [0.717, 1.165) is 30.0 Å².